The van der Waals surface area contributed by atoms with Crippen molar-refractivity contribution >= 4 is 35.8 Å². The molecule has 2 N–H and O–H groups in total. The van der Waals surface area contributed by atoms with Crippen LogP contribution in [0.1, 0.15) is 38.5 Å². The topological polar surface area (TPSA) is 60.0 Å². The zero-order chi connectivity index (χ0) is 17.4. The predicted molar refractivity (Wildman–Crippen MR) is 115 cm³/mol. The van der Waals surface area contributed by atoms with E-state index in [1.54, 1.807) is 25.1 Å². The third-order valence-electron chi connectivity index (χ3n) is 5.00. The van der Waals surface area contributed by atoms with Gasteiger partial charge in [-0.2, -0.15) is 0 Å². The van der Waals surface area contributed by atoms with E-state index in [-0.39, 0.29) is 36.4 Å². The van der Waals surface area contributed by atoms with Gasteiger partial charge >= 0.3 is 0 Å². The number of hydrogen-bond acceptors (Lipinski definition) is 3. The summed E-state index contributed by atoms with van der Waals surface area (Å²) < 4.78 is 0. The number of rotatable bonds is 6. The lowest BCUT2D eigenvalue weighted by molar-refractivity contribution is -0.127. The van der Waals surface area contributed by atoms with E-state index in [2.05, 4.69) is 27.1 Å². The molecular formula is C18H34IN5O. The van der Waals surface area contributed by atoms with Crippen LogP contribution in [0.4, 0.5) is 0 Å². The van der Waals surface area contributed by atoms with E-state index in [1.807, 2.05) is 0 Å². The molecule has 1 saturated heterocycles. The van der Waals surface area contributed by atoms with E-state index in [0.29, 0.717) is 18.5 Å². The number of nitrogens with zero attached hydrogens (tertiary/aromatic N) is 3. The van der Waals surface area contributed by atoms with Gasteiger partial charge in [-0.25, -0.2) is 4.99 Å². The number of nitrogens with one attached hydrogen (secondary N) is 2. The van der Waals surface area contributed by atoms with Gasteiger partial charge in [-0.05, 0) is 25.7 Å². The molecule has 25 heavy (non-hydrogen) atoms. The second kappa shape index (κ2) is 11.7. The van der Waals surface area contributed by atoms with Gasteiger partial charge in [0.15, 0.2) is 5.96 Å². The van der Waals surface area contributed by atoms with Crippen LogP contribution in [-0.2, 0) is 4.79 Å². The average molecular weight is 463 g/mol. The monoisotopic (exact) mass is 463 g/mol. The number of carbonyl (C=O) groups excluding carboxylic acids is 1. The molecule has 0 radical (unpaired) electrons. The van der Waals surface area contributed by atoms with Gasteiger partial charge in [0.2, 0.25) is 5.91 Å². The van der Waals surface area contributed by atoms with Crippen molar-refractivity contribution in [3.63, 3.8) is 0 Å². The molecule has 0 aromatic rings. The molecule has 1 aliphatic carbocycles. The number of likely N-dealkylation sites (tertiary alicyclic amines) is 1. The van der Waals surface area contributed by atoms with Gasteiger partial charge in [0.25, 0.3) is 0 Å². The molecule has 6 nitrogen and oxygen atoms in total. The summed E-state index contributed by atoms with van der Waals surface area (Å²) in [7, 11) is 3.50. The first-order valence-electron chi connectivity index (χ1n) is 9.20. The quantitative estimate of drug-likeness (QED) is 0.273. The lowest BCUT2D eigenvalue weighted by Crippen LogP contribution is -2.50. The van der Waals surface area contributed by atoms with Crippen molar-refractivity contribution in [1.29, 1.82) is 0 Å². The standard InChI is InChI=1S/C18H33N5O.HI/c1-4-11-19-18(20-14-17(24)22(2)3)21-15-9-12-23(13-10-15)16-7-5-6-8-16;/h4,15-16H,1,5-14H2,2-3H3,(H2,19,20,21);1H. The first-order valence-corrected chi connectivity index (χ1v) is 9.20. The van der Waals surface area contributed by atoms with Crippen molar-refractivity contribution < 1.29 is 4.79 Å². The molecule has 2 rings (SSSR count). The zero-order valence-corrected chi connectivity index (χ0v) is 18.0. The highest BCUT2D eigenvalue weighted by molar-refractivity contribution is 14.0. The number of halogens is 1. The van der Waals surface area contributed by atoms with E-state index < -0.39 is 0 Å². The van der Waals surface area contributed by atoms with E-state index in [9.17, 15) is 4.79 Å². The van der Waals surface area contributed by atoms with Gasteiger partial charge in [-0.1, -0.05) is 18.9 Å². The minimum absolute atomic E-state index is 0. The number of aliphatic imine (C=N–C) groups is 1. The maximum Gasteiger partial charge on any atom is 0.243 e. The minimum atomic E-state index is 0. The molecule has 0 unspecified atom stereocenters. The van der Waals surface area contributed by atoms with E-state index >= 15 is 0 Å². The number of guanidine groups is 1. The summed E-state index contributed by atoms with van der Waals surface area (Å²) >= 11 is 0. The van der Waals surface area contributed by atoms with Crippen LogP contribution in [0.15, 0.2) is 17.6 Å². The van der Waals surface area contributed by atoms with Crippen LogP contribution >= 0.6 is 24.0 Å². The fourth-order valence-electron chi connectivity index (χ4n) is 3.48. The molecule has 0 bridgehead atoms. The molecule has 0 aromatic carbocycles. The highest BCUT2D eigenvalue weighted by Crippen LogP contribution is 2.26. The lowest BCUT2D eigenvalue weighted by atomic mass is 10.0. The summed E-state index contributed by atoms with van der Waals surface area (Å²) in [6, 6.07) is 1.24. The lowest BCUT2D eigenvalue weighted by Gasteiger charge is -2.36. The van der Waals surface area contributed by atoms with Crippen molar-refractivity contribution in [2.45, 2.75) is 50.6 Å². The molecule has 1 aliphatic heterocycles. The summed E-state index contributed by atoms with van der Waals surface area (Å²) in [5.74, 6) is 0.718. The third-order valence-corrected chi connectivity index (χ3v) is 5.00. The first-order chi connectivity index (χ1) is 11.6. The smallest absolute Gasteiger partial charge is 0.243 e. The maximum absolute atomic E-state index is 11.7. The Labute approximate surface area is 169 Å². The number of piperidine rings is 1. The predicted octanol–water partition coefficient (Wildman–Crippen LogP) is 1.82. The molecule has 0 aromatic heterocycles. The van der Waals surface area contributed by atoms with Crippen molar-refractivity contribution in [3.8, 4) is 0 Å². The zero-order valence-electron chi connectivity index (χ0n) is 15.7. The SMILES string of the molecule is C=CCNC(=NCC(=O)N(C)C)NC1CCN(C2CCCC2)CC1.I. The van der Waals surface area contributed by atoms with Gasteiger partial charge in [0, 0.05) is 45.8 Å². The van der Waals surface area contributed by atoms with Crippen molar-refractivity contribution in [3.05, 3.63) is 12.7 Å². The van der Waals surface area contributed by atoms with Crippen molar-refractivity contribution in [1.82, 2.24) is 20.4 Å². The van der Waals surface area contributed by atoms with Crippen LogP contribution in [0.5, 0.6) is 0 Å². The van der Waals surface area contributed by atoms with Crippen LogP contribution in [0, 0.1) is 0 Å². The van der Waals surface area contributed by atoms with Crippen LogP contribution < -0.4 is 10.6 Å². The molecule has 2 fully saturated rings. The summed E-state index contributed by atoms with van der Waals surface area (Å²) in [5.41, 5.74) is 0. The van der Waals surface area contributed by atoms with E-state index in [0.717, 1.165) is 32.0 Å². The summed E-state index contributed by atoms with van der Waals surface area (Å²) in [6.45, 7) is 6.86. The Kier molecular flexibility index (Phi) is 10.4. The molecule has 1 amide bonds. The molecule has 2 aliphatic rings. The molecule has 0 spiro atoms. The normalized spacial score (nSPS) is 20.0. The van der Waals surface area contributed by atoms with Gasteiger partial charge < -0.3 is 20.4 Å². The van der Waals surface area contributed by atoms with Crippen molar-refractivity contribution in [2.75, 3.05) is 40.3 Å². The van der Waals surface area contributed by atoms with Crippen molar-refractivity contribution in [2.24, 2.45) is 4.99 Å². The average Bonchev–Trinajstić information content (AvgIpc) is 3.12. The largest absolute Gasteiger partial charge is 0.354 e. The number of amides is 1. The molecule has 1 saturated carbocycles. The van der Waals surface area contributed by atoms with E-state index in [4.69, 9.17) is 0 Å². The second-order valence-electron chi connectivity index (χ2n) is 7.02. The molecule has 0 atom stereocenters. The Morgan fingerprint density at radius 1 is 1.24 bits per heavy atom. The maximum atomic E-state index is 11.7. The molecule has 7 heteroatoms. The Hall–Kier alpha value is -0.830. The minimum Gasteiger partial charge on any atom is -0.354 e. The molecule has 1 heterocycles. The Morgan fingerprint density at radius 2 is 1.88 bits per heavy atom. The number of hydrogen-bond donors (Lipinski definition) is 2. The first kappa shape index (κ1) is 22.2. The van der Waals surface area contributed by atoms with Gasteiger partial charge in [-0.15, -0.1) is 30.6 Å². The summed E-state index contributed by atoms with van der Waals surface area (Å²) in [5, 5.41) is 6.70. The highest BCUT2D eigenvalue weighted by Gasteiger charge is 2.27. The summed E-state index contributed by atoms with van der Waals surface area (Å²) in [6.07, 6.45) is 9.60. The van der Waals surface area contributed by atoms with Crippen LogP contribution in [0.2, 0.25) is 0 Å². The number of carbonyl (C=O) groups is 1. The molecular weight excluding hydrogens is 429 g/mol. The molecule has 144 valence electrons. The van der Waals surface area contributed by atoms with E-state index in [1.165, 1.54) is 25.7 Å². The number of likely N-dealkylation sites (N-methyl/N-ethyl adjacent to an activating group) is 1. The van der Waals surface area contributed by atoms with Gasteiger partial charge in [0.1, 0.15) is 6.54 Å². The van der Waals surface area contributed by atoms with Gasteiger partial charge in [0.05, 0.1) is 0 Å². The highest BCUT2D eigenvalue weighted by atomic mass is 127. The Balaban J connectivity index is 0.00000312. The van der Waals surface area contributed by atoms with Crippen LogP contribution in [0.3, 0.4) is 0 Å². The fraction of sp³-hybridized carbons (Fsp3) is 0.778. The second-order valence-corrected chi connectivity index (χ2v) is 7.02. The van der Waals surface area contributed by atoms with Crippen LogP contribution in [-0.4, -0.2) is 74.0 Å². The Morgan fingerprint density at radius 3 is 2.44 bits per heavy atom. The third kappa shape index (κ3) is 7.52. The van der Waals surface area contributed by atoms with Crippen LogP contribution in [0.25, 0.3) is 0 Å². The van der Waals surface area contributed by atoms with Gasteiger partial charge in [-0.3, -0.25) is 4.79 Å². The fourth-order valence-corrected chi connectivity index (χ4v) is 3.48. The Bertz CT molecular complexity index is 441. The summed E-state index contributed by atoms with van der Waals surface area (Å²) in [4.78, 5) is 20.4.